The van der Waals surface area contributed by atoms with E-state index in [1.807, 2.05) is 11.8 Å². The molecule has 1 saturated heterocycles. The lowest BCUT2D eigenvalue weighted by molar-refractivity contribution is 0.421. The van der Waals surface area contributed by atoms with Crippen molar-refractivity contribution in [3.05, 3.63) is 0 Å². The van der Waals surface area contributed by atoms with Crippen molar-refractivity contribution in [2.75, 3.05) is 25.1 Å². The summed E-state index contributed by atoms with van der Waals surface area (Å²) < 4.78 is 27.3. The molecule has 0 spiro atoms. The lowest BCUT2D eigenvalue weighted by atomic mass is 10.1. The standard InChI is InChI=1S/C13H26N2O2S2/c1-18-13(7-3-4-8-13)11-15-19(16,17)10-12-6-2-5-9-14-12/h12,14-15H,2-11H2,1H3. The molecule has 2 N–H and O–H groups in total. The summed E-state index contributed by atoms with van der Waals surface area (Å²) in [5, 5.41) is 3.30. The van der Waals surface area contributed by atoms with Gasteiger partial charge in [-0.25, -0.2) is 13.1 Å². The second kappa shape index (κ2) is 6.78. The summed E-state index contributed by atoms with van der Waals surface area (Å²) in [6, 6.07) is 0.139. The van der Waals surface area contributed by atoms with Crippen LogP contribution in [0, 0.1) is 0 Å². The normalized spacial score (nSPS) is 27.5. The Kier molecular flexibility index (Phi) is 5.57. The van der Waals surface area contributed by atoms with Crippen LogP contribution < -0.4 is 10.0 Å². The average molecular weight is 306 g/mol. The molecule has 1 aliphatic carbocycles. The van der Waals surface area contributed by atoms with Crippen LogP contribution in [-0.2, 0) is 10.0 Å². The lowest BCUT2D eigenvalue weighted by Gasteiger charge is -2.28. The van der Waals surface area contributed by atoms with Gasteiger partial charge in [-0.05, 0) is 38.5 Å². The molecular weight excluding hydrogens is 280 g/mol. The van der Waals surface area contributed by atoms with Crippen molar-refractivity contribution >= 4 is 21.8 Å². The van der Waals surface area contributed by atoms with Gasteiger partial charge in [0.15, 0.2) is 0 Å². The summed E-state index contributed by atoms with van der Waals surface area (Å²) in [6.07, 6.45) is 10.1. The van der Waals surface area contributed by atoms with Gasteiger partial charge in [-0.3, -0.25) is 0 Å². The molecule has 0 aromatic rings. The van der Waals surface area contributed by atoms with E-state index in [9.17, 15) is 8.42 Å². The Labute approximate surface area is 121 Å². The molecule has 19 heavy (non-hydrogen) atoms. The van der Waals surface area contributed by atoms with Crippen LogP contribution in [0.15, 0.2) is 0 Å². The topological polar surface area (TPSA) is 58.2 Å². The number of sulfonamides is 1. The SMILES string of the molecule is CSC1(CNS(=O)(=O)CC2CCCCN2)CCCC1. The minimum atomic E-state index is -3.14. The van der Waals surface area contributed by atoms with Crippen molar-refractivity contribution in [1.29, 1.82) is 0 Å². The smallest absolute Gasteiger partial charge is 0.213 e. The maximum Gasteiger partial charge on any atom is 0.213 e. The van der Waals surface area contributed by atoms with Crippen LogP contribution in [0.2, 0.25) is 0 Å². The molecule has 1 unspecified atom stereocenters. The van der Waals surface area contributed by atoms with E-state index < -0.39 is 10.0 Å². The Hall–Kier alpha value is 0.220. The van der Waals surface area contributed by atoms with Gasteiger partial charge in [-0.2, -0.15) is 11.8 Å². The number of thioether (sulfide) groups is 1. The van der Waals surface area contributed by atoms with Crippen LogP contribution in [0.1, 0.15) is 44.9 Å². The van der Waals surface area contributed by atoms with E-state index in [1.54, 1.807) is 0 Å². The van der Waals surface area contributed by atoms with Crippen molar-refractivity contribution in [3.8, 4) is 0 Å². The quantitative estimate of drug-likeness (QED) is 0.784. The minimum absolute atomic E-state index is 0.139. The number of rotatable bonds is 6. The second-order valence-corrected chi connectivity index (χ2v) is 8.97. The maximum absolute atomic E-state index is 12.2. The molecule has 1 atom stereocenters. The fraction of sp³-hybridized carbons (Fsp3) is 1.00. The maximum atomic E-state index is 12.2. The van der Waals surface area contributed by atoms with E-state index in [2.05, 4.69) is 16.3 Å². The van der Waals surface area contributed by atoms with Gasteiger partial charge >= 0.3 is 0 Å². The molecule has 6 heteroatoms. The molecule has 2 fully saturated rings. The molecule has 2 rings (SSSR count). The number of piperidine rings is 1. The van der Waals surface area contributed by atoms with Gasteiger partial charge in [0.05, 0.1) is 5.75 Å². The summed E-state index contributed by atoms with van der Waals surface area (Å²) in [7, 11) is -3.14. The Morgan fingerprint density at radius 3 is 2.58 bits per heavy atom. The van der Waals surface area contributed by atoms with E-state index in [0.29, 0.717) is 6.54 Å². The van der Waals surface area contributed by atoms with Gasteiger partial charge in [-0.15, -0.1) is 0 Å². The van der Waals surface area contributed by atoms with Gasteiger partial charge in [0.1, 0.15) is 0 Å². The summed E-state index contributed by atoms with van der Waals surface area (Å²) in [5.74, 6) is 0.234. The van der Waals surface area contributed by atoms with Crippen LogP contribution >= 0.6 is 11.8 Å². The third-order valence-corrected chi connectivity index (χ3v) is 7.24. The van der Waals surface area contributed by atoms with Crippen molar-refractivity contribution in [2.45, 2.75) is 55.7 Å². The number of hydrogen-bond donors (Lipinski definition) is 2. The number of nitrogens with one attached hydrogen (secondary N) is 2. The monoisotopic (exact) mass is 306 g/mol. The van der Waals surface area contributed by atoms with E-state index in [-0.39, 0.29) is 16.5 Å². The van der Waals surface area contributed by atoms with E-state index >= 15 is 0 Å². The zero-order valence-corrected chi connectivity index (χ0v) is 13.4. The van der Waals surface area contributed by atoms with Crippen LogP contribution in [0.4, 0.5) is 0 Å². The molecule has 112 valence electrons. The van der Waals surface area contributed by atoms with Crippen molar-refractivity contribution in [2.24, 2.45) is 0 Å². The highest BCUT2D eigenvalue weighted by atomic mass is 32.2. The molecule has 0 amide bonds. The van der Waals surface area contributed by atoms with Gasteiger partial charge < -0.3 is 5.32 Å². The molecule has 2 aliphatic rings. The Bertz CT molecular complexity index is 372. The molecular formula is C13H26N2O2S2. The molecule has 0 bridgehead atoms. The Morgan fingerprint density at radius 1 is 1.26 bits per heavy atom. The van der Waals surface area contributed by atoms with Crippen LogP contribution in [0.25, 0.3) is 0 Å². The highest BCUT2D eigenvalue weighted by Gasteiger charge is 2.34. The van der Waals surface area contributed by atoms with Gasteiger partial charge in [-0.1, -0.05) is 19.3 Å². The zero-order valence-electron chi connectivity index (χ0n) is 11.8. The predicted molar refractivity (Wildman–Crippen MR) is 82.1 cm³/mol. The molecule has 0 aromatic heterocycles. The van der Waals surface area contributed by atoms with Crippen molar-refractivity contribution in [3.63, 3.8) is 0 Å². The average Bonchev–Trinajstić information content (AvgIpc) is 2.87. The fourth-order valence-electron chi connectivity index (χ4n) is 3.10. The highest BCUT2D eigenvalue weighted by Crippen LogP contribution is 2.39. The van der Waals surface area contributed by atoms with Crippen LogP contribution in [0.5, 0.6) is 0 Å². The van der Waals surface area contributed by atoms with E-state index in [4.69, 9.17) is 0 Å². The third-order valence-electron chi connectivity index (χ3n) is 4.40. The van der Waals surface area contributed by atoms with E-state index in [0.717, 1.165) is 32.2 Å². The Morgan fingerprint density at radius 2 is 2.00 bits per heavy atom. The second-order valence-electron chi connectivity index (χ2n) is 5.84. The number of hydrogen-bond acceptors (Lipinski definition) is 4. The first kappa shape index (κ1) is 15.6. The van der Waals surface area contributed by atoms with Crippen molar-refractivity contribution in [1.82, 2.24) is 10.0 Å². The first-order chi connectivity index (χ1) is 9.05. The molecule has 0 aromatic carbocycles. The molecule has 4 nitrogen and oxygen atoms in total. The first-order valence-corrected chi connectivity index (χ1v) is 10.2. The van der Waals surface area contributed by atoms with Crippen LogP contribution in [-0.4, -0.2) is 44.3 Å². The Balaban J connectivity index is 1.83. The van der Waals surface area contributed by atoms with Gasteiger partial charge in [0.2, 0.25) is 10.0 Å². The summed E-state index contributed by atoms with van der Waals surface area (Å²) in [5.41, 5.74) is 0. The minimum Gasteiger partial charge on any atom is -0.313 e. The predicted octanol–water partition coefficient (Wildman–Crippen LogP) is 1.72. The molecule has 1 aliphatic heterocycles. The summed E-state index contributed by atoms with van der Waals surface area (Å²) in [4.78, 5) is 0. The zero-order chi connectivity index (χ0) is 13.8. The summed E-state index contributed by atoms with van der Waals surface area (Å²) >= 11 is 1.82. The van der Waals surface area contributed by atoms with Gasteiger partial charge in [0, 0.05) is 17.3 Å². The molecule has 1 saturated carbocycles. The lowest BCUT2D eigenvalue weighted by Crippen LogP contribution is -2.45. The fourth-order valence-corrected chi connectivity index (χ4v) is 5.54. The van der Waals surface area contributed by atoms with E-state index in [1.165, 1.54) is 19.3 Å². The third kappa shape index (κ3) is 4.62. The van der Waals surface area contributed by atoms with Gasteiger partial charge in [0.25, 0.3) is 0 Å². The van der Waals surface area contributed by atoms with Crippen LogP contribution in [0.3, 0.4) is 0 Å². The highest BCUT2D eigenvalue weighted by molar-refractivity contribution is 8.00. The molecule has 0 radical (unpaired) electrons. The first-order valence-electron chi connectivity index (χ1n) is 7.31. The molecule has 1 heterocycles. The summed E-state index contributed by atoms with van der Waals surface area (Å²) in [6.45, 7) is 1.55. The largest absolute Gasteiger partial charge is 0.313 e. The van der Waals surface area contributed by atoms with Crippen molar-refractivity contribution < 1.29 is 8.42 Å².